The Bertz CT molecular complexity index is 444. The van der Waals surface area contributed by atoms with Gasteiger partial charge in [-0.15, -0.1) is 0 Å². The molecule has 4 heteroatoms. The van der Waals surface area contributed by atoms with Crippen LogP contribution in [0.2, 0.25) is 0 Å². The molecule has 0 heterocycles. The molecule has 0 bridgehead atoms. The lowest BCUT2D eigenvalue weighted by atomic mass is 9.83. The van der Waals surface area contributed by atoms with Crippen LogP contribution in [-0.2, 0) is 6.42 Å². The Morgan fingerprint density at radius 2 is 1.80 bits per heavy atom. The lowest BCUT2D eigenvalue weighted by Gasteiger charge is -2.25. The SMILES string of the molecule is CC(C)NCCC(C)(C)CCc1cc(F)c(Br)cc1F. The molecule has 0 amide bonds. The highest BCUT2D eigenvalue weighted by Crippen LogP contribution is 2.28. The molecule has 0 spiro atoms. The summed E-state index contributed by atoms with van der Waals surface area (Å²) in [6.45, 7) is 9.52. The van der Waals surface area contributed by atoms with E-state index in [1.54, 1.807) is 0 Å². The minimum Gasteiger partial charge on any atom is -0.315 e. The van der Waals surface area contributed by atoms with Gasteiger partial charge in [-0.05, 0) is 64.8 Å². The van der Waals surface area contributed by atoms with Gasteiger partial charge >= 0.3 is 0 Å². The number of nitrogens with one attached hydrogen (secondary N) is 1. The van der Waals surface area contributed by atoms with Crippen molar-refractivity contribution in [1.29, 1.82) is 0 Å². The van der Waals surface area contributed by atoms with E-state index in [1.807, 2.05) is 0 Å². The van der Waals surface area contributed by atoms with E-state index >= 15 is 0 Å². The summed E-state index contributed by atoms with van der Waals surface area (Å²) < 4.78 is 27.4. The van der Waals surface area contributed by atoms with Crippen molar-refractivity contribution < 1.29 is 8.78 Å². The number of halogens is 3. The van der Waals surface area contributed by atoms with Gasteiger partial charge in [-0.3, -0.25) is 0 Å². The second-order valence-electron chi connectivity index (χ2n) is 6.38. The van der Waals surface area contributed by atoms with Crippen LogP contribution in [0.25, 0.3) is 0 Å². The lowest BCUT2D eigenvalue weighted by molar-refractivity contribution is 0.297. The molecule has 0 aromatic heterocycles. The Balaban J connectivity index is 2.55. The van der Waals surface area contributed by atoms with Gasteiger partial charge in [0.15, 0.2) is 0 Å². The normalized spacial score (nSPS) is 12.2. The largest absolute Gasteiger partial charge is 0.315 e. The summed E-state index contributed by atoms with van der Waals surface area (Å²) >= 11 is 3.00. The van der Waals surface area contributed by atoms with Crippen LogP contribution in [0, 0.1) is 17.0 Å². The fourth-order valence-corrected chi connectivity index (χ4v) is 2.37. The molecule has 1 nitrogen and oxygen atoms in total. The van der Waals surface area contributed by atoms with Crippen molar-refractivity contribution in [3.8, 4) is 0 Å². The van der Waals surface area contributed by atoms with Gasteiger partial charge in [-0.2, -0.15) is 0 Å². The quantitative estimate of drug-likeness (QED) is 0.678. The van der Waals surface area contributed by atoms with Gasteiger partial charge in [-0.1, -0.05) is 27.7 Å². The van der Waals surface area contributed by atoms with Gasteiger partial charge in [0.1, 0.15) is 11.6 Å². The molecule has 0 aliphatic carbocycles. The zero-order chi connectivity index (χ0) is 15.3. The monoisotopic (exact) mass is 347 g/mol. The zero-order valence-electron chi connectivity index (χ0n) is 12.7. The molecular weight excluding hydrogens is 324 g/mol. The van der Waals surface area contributed by atoms with Crippen LogP contribution in [0.15, 0.2) is 16.6 Å². The first-order valence-corrected chi connectivity index (χ1v) is 7.87. The van der Waals surface area contributed by atoms with Crippen LogP contribution in [-0.4, -0.2) is 12.6 Å². The third kappa shape index (κ3) is 5.88. The van der Waals surface area contributed by atoms with Gasteiger partial charge in [-0.25, -0.2) is 8.78 Å². The molecule has 0 aliphatic heterocycles. The average molecular weight is 348 g/mol. The molecule has 0 saturated heterocycles. The van der Waals surface area contributed by atoms with Crippen LogP contribution in [0.1, 0.15) is 46.1 Å². The van der Waals surface area contributed by atoms with Crippen LogP contribution >= 0.6 is 15.9 Å². The van der Waals surface area contributed by atoms with Crippen LogP contribution < -0.4 is 5.32 Å². The van der Waals surface area contributed by atoms with E-state index in [9.17, 15) is 8.78 Å². The first-order valence-electron chi connectivity index (χ1n) is 7.08. The highest BCUT2D eigenvalue weighted by molar-refractivity contribution is 9.10. The molecule has 0 saturated carbocycles. The summed E-state index contributed by atoms with van der Waals surface area (Å²) in [5.74, 6) is -0.741. The second-order valence-corrected chi connectivity index (χ2v) is 7.24. The Morgan fingerprint density at radius 1 is 1.15 bits per heavy atom. The molecule has 114 valence electrons. The molecule has 0 aliphatic rings. The number of rotatable bonds is 7. The maximum Gasteiger partial charge on any atom is 0.137 e. The molecule has 0 fully saturated rings. The van der Waals surface area contributed by atoms with E-state index in [4.69, 9.17) is 0 Å². The van der Waals surface area contributed by atoms with Gasteiger partial charge in [0.2, 0.25) is 0 Å². The second kappa shape index (κ2) is 7.51. The summed E-state index contributed by atoms with van der Waals surface area (Å²) in [6, 6.07) is 2.98. The lowest BCUT2D eigenvalue weighted by Crippen LogP contribution is -2.28. The first-order chi connectivity index (χ1) is 9.21. The van der Waals surface area contributed by atoms with E-state index in [0.717, 1.165) is 19.4 Å². The van der Waals surface area contributed by atoms with Gasteiger partial charge in [0, 0.05) is 6.04 Å². The Hall–Kier alpha value is -0.480. The zero-order valence-corrected chi connectivity index (χ0v) is 14.3. The van der Waals surface area contributed by atoms with E-state index in [2.05, 4.69) is 48.9 Å². The third-order valence-electron chi connectivity index (χ3n) is 3.51. The Morgan fingerprint density at radius 3 is 2.40 bits per heavy atom. The summed E-state index contributed by atoms with van der Waals surface area (Å²) in [5.41, 5.74) is 0.563. The van der Waals surface area contributed by atoms with Crippen molar-refractivity contribution in [2.45, 2.75) is 53.0 Å². The maximum atomic E-state index is 13.8. The number of benzene rings is 1. The topological polar surface area (TPSA) is 12.0 Å². The predicted molar refractivity (Wildman–Crippen MR) is 83.9 cm³/mol. The van der Waals surface area contributed by atoms with Gasteiger partial charge in [0.05, 0.1) is 4.47 Å². The molecule has 20 heavy (non-hydrogen) atoms. The van der Waals surface area contributed by atoms with E-state index in [0.29, 0.717) is 18.0 Å². The molecule has 1 N–H and O–H groups in total. The molecule has 1 aromatic carbocycles. The minimum absolute atomic E-state index is 0.109. The summed E-state index contributed by atoms with van der Waals surface area (Å²) in [7, 11) is 0. The molecule has 1 rings (SSSR count). The van der Waals surface area contributed by atoms with Crippen molar-refractivity contribution in [2.75, 3.05) is 6.54 Å². The van der Waals surface area contributed by atoms with Crippen molar-refractivity contribution >= 4 is 15.9 Å². The van der Waals surface area contributed by atoms with Crippen molar-refractivity contribution in [3.63, 3.8) is 0 Å². The fraction of sp³-hybridized carbons (Fsp3) is 0.625. The van der Waals surface area contributed by atoms with E-state index < -0.39 is 5.82 Å². The standard InChI is InChI=1S/C16H24BrF2N/c1-11(2)20-8-7-16(3,4)6-5-12-9-15(19)13(17)10-14(12)18/h9-11,20H,5-8H2,1-4H3. The number of hydrogen-bond donors (Lipinski definition) is 1. The highest BCUT2D eigenvalue weighted by Gasteiger charge is 2.19. The van der Waals surface area contributed by atoms with Crippen molar-refractivity contribution in [2.24, 2.45) is 5.41 Å². The summed E-state index contributed by atoms with van der Waals surface area (Å²) in [4.78, 5) is 0. The average Bonchev–Trinajstić information content (AvgIpc) is 2.31. The summed E-state index contributed by atoms with van der Waals surface area (Å²) in [6.07, 6.45) is 2.42. The number of aryl methyl sites for hydroxylation is 1. The smallest absolute Gasteiger partial charge is 0.137 e. The first kappa shape index (κ1) is 17.6. The van der Waals surface area contributed by atoms with Crippen LogP contribution in [0.5, 0.6) is 0 Å². The van der Waals surface area contributed by atoms with Crippen LogP contribution in [0.4, 0.5) is 8.78 Å². The van der Waals surface area contributed by atoms with Crippen molar-refractivity contribution in [1.82, 2.24) is 5.32 Å². The molecule has 0 atom stereocenters. The fourth-order valence-electron chi connectivity index (χ4n) is 2.05. The Kier molecular flexibility index (Phi) is 6.59. The van der Waals surface area contributed by atoms with E-state index in [1.165, 1.54) is 12.1 Å². The molecule has 1 aromatic rings. The van der Waals surface area contributed by atoms with Gasteiger partial charge in [0.25, 0.3) is 0 Å². The molecule has 0 radical (unpaired) electrons. The maximum absolute atomic E-state index is 13.8. The van der Waals surface area contributed by atoms with Crippen molar-refractivity contribution in [3.05, 3.63) is 33.8 Å². The van der Waals surface area contributed by atoms with E-state index in [-0.39, 0.29) is 15.7 Å². The third-order valence-corrected chi connectivity index (χ3v) is 4.12. The summed E-state index contributed by atoms with van der Waals surface area (Å²) in [5, 5.41) is 3.39. The predicted octanol–water partition coefficient (Wildman–Crippen LogP) is 5.07. The highest BCUT2D eigenvalue weighted by atomic mass is 79.9. The minimum atomic E-state index is -0.402. The molecule has 0 unspecified atom stereocenters. The number of hydrogen-bond acceptors (Lipinski definition) is 1. The van der Waals surface area contributed by atoms with Gasteiger partial charge < -0.3 is 5.32 Å². The Labute approximate surface area is 129 Å². The molecular formula is C16H24BrF2N. The van der Waals surface area contributed by atoms with Crippen LogP contribution in [0.3, 0.4) is 0 Å².